The fraction of sp³-hybridized carbons (Fsp3) is 0.833. The molecular weight excluding hydrogens is 232 g/mol. The van der Waals surface area contributed by atoms with E-state index in [0.717, 1.165) is 0 Å². The Bertz CT molecular complexity index is 298. The molecule has 0 spiro atoms. The first-order valence-corrected chi connectivity index (χ1v) is 6.37. The van der Waals surface area contributed by atoms with Gasteiger partial charge in [0.1, 0.15) is 0 Å². The predicted molar refractivity (Wildman–Crippen MR) is 70.3 cm³/mol. The number of hydrogen-bond donors (Lipinski definition) is 1. The summed E-state index contributed by atoms with van der Waals surface area (Å²) in [5.41, 5.74) is 0. The summed E-state index contributed by atoms with van der Waals surface area (Å²) in [5, 5.41) is 3.01. The van der Waals surface area contributed by atoms with Gasteiger partial charge in [0, 0.05) is 52.7 Å². The predicted octanol–water partition coefficient (Wildman–Crippen LogP) is -0.332. The number of rotatable bonds is 3. The highest BCUT2D eigenvalue weighted by molar-refractivity contribution is 5.79. The molecule has 1 fully saturated rings. The highest BCUT2D eigenvalue weighted by atomic mass is 16.2. The van der Waals surface area contributed by atoms with E-state index in [2.05, 4.69) is 5.32 Å². The van der Waals surface area contributed by atoms with Crippen molar-refractivity contribution in [3.05, 3.63) is 0 Å². The van der Waals surface area contributed by atoms with Crippen LogP contribution >= 0.6 is 0 Å². The van der Waals surface area contributed by atoms with E-state index in [0.29, 0.717) is 32.7 Å². The van der Waals surface area contributed by atoms with Gasteiger partial charge in [0.25, 0.3) is 0 Å². The third-order valence-electron chi connectivity index (χ3n) is 3.18. The van der Waals surface area contributed by atoms with Gasteiger partial charge in [-0.05, 0) is 7.05 Å². The molecule has 1 N–H and O–H groups in total. The van der Waals surface area contributed by atoms with Crippen LogP contribution in [0.3, 0.4) is 0 Å². The molecule has 0 aliphatic carbocycles. The molecule has 0 radical (unpaired) electrons. The van der Waals surface area contributed by atoms with Gasteiger partial charge in [-0.25, -0.2) is 4.79 Å². The van der Waals surface area contributed by atoms with Gasteiger partial charge in [0.2, 0.25) is 5.91 Å². The number of hydrogen-bond acceptors (Lipinski definition) is 3. The Morgan fingerprint density at radius 2 is 1.67 bits per heavy atom. The average molecular weight is 256 g/mol. The van der Waals surface area contributed by atoms with Crippen molar-refractivity contribution < 1.29 is 9.59 Å². The monoisotopic (exact) mass is 256 g/mol. The molecule has 1 atom stereocenters. The quantitative estimate of drug-likeness (QED) is 0.752. The molecule has 6 heteroatoms. The second-order valence-electron chi connectivity index (χ2n) is 4.95. The van der Waals surface area contributed by atoms with E-state index in [1.807, 2.05) is 18.9 Å². The SMILES string of the molecule is CNCC(C)C(=O)N1CCN(C(=O)N(C)C)CC1. The van der Waals surface area contributed by atoms with Gasteiger partial charge in [-0.2, -0.15) is 0 Å². The zero-order valence-electron chi connectivity index (χ0n) is 11.8. The number of nitrogens with zero attached hydrogens (tertiary/aromatic N) is 3. The summed E-state index contributed by atoms with van der Waals surface area (Å²) in [5.74, 6) is 0.160. The van der Waals surface area contributed by atoms with Gasteiger partial charge in [-0.3, -0.25) is 4.79 Å². The second kappa shape index (κ2) is 6.58. The Kier molecular flexibility index (Phi) is 5.40. The van der Waals surface area contributed by atoms with Crippen molar-refractivity contribution in [3.63, 3.8) is 0 Å². The lowest BCUT2D eigenvalue weighted by Crippen LogP contribution is -2.54. The van der Waals surface area contributed by atoms with Crippen molar-refractivity contribution in [3.8, 4) is 0 Å². The minimum absolute atomic E-state index is 0.00824. The van der Waals surface area contributed by atoms with Crippen LogP contribution in [0.5, 0.6) is 0 Å². The average Bonchev–Trinajstić information content (AvgIpc) is 2.37. The van der Waals surface area contributed by atoms with Crippen LogP contribution in [0.4, 0.5) is 4.79 Å². The van der Waals surface area contributed by atoms with Crippen LogP contribution in [0.25, 0.3) is 0 Å². The normalized spacial score (nSPS) is 17.6. The summed E-state index contributed by atoms with van der Waals surface area (Å²) < 4.78 is 0. The van der Waals surface area contributed by atoms with E-state index in [1.54, 1.807) is 23.9 Å². The van der Waals surface area contributed by atoms with Crippen LogP contribution in [0, 0.1) is 5.92 Å². The summed E-state index contributed by atoms with van der Waals surface area (Å²) in [6, 6.07) is 0.0189. The number of urea groups is 1. The third-order valence-corrected chi connectivity index (χ3v) is 3.18. The second-order valence-corrected chi connectivity index (χ2v) is 4.95. The van der Waals surface area contributed by atoms with E-state index in [9.17, 15) is 9.59 Å². The molecule has 1 heterocycles. The van der Waals surface area contributed by atoms with Crippen molar-refractivity contribution in [1.29, 1.82) is 0 Å². The molecule has 0 aromatic heterocycles. The molecule has 1 unspecified atom stereocenters. The Morgan fingerprint density at radius 1 is 1.17 bits per heavy atom. The maximum Gasteiger partial charge on any atom is 0.319 e. The molecule has 0 bridgehead atoms. The molecule has 1 aliphatic heterocycles. The van der Waals surface area contributed by atoms with Crippen molar-refractivity contribution in [2.45, 2.75) is 6.92 Å². The minimum Gasteiger partial charge on any atom is -0.339 e. The molecule has 0 saturated carbocycles. The van der Waals surface area contributed by atoms with Gasteiger partial charge < -0.3 is 20.0 Å². The molecule has 104 valence electrons. The van der Waals surface area contributed by atoms with Crippen LogP contribution < -0.4 is 5.32 Å². The largest absolute Gasteiger partial charge is 0.339 e. The Balaban J connectivity index is 2.44. The van der Waals surface area contributed by atoms with E-state index in [4.69, 9.17) is 0 Å². The highest BCUT2D eigenvalue weighted by Crippen LogP contribution is 2.08. The van der Waals surface area contributed by atoms with Crippen LogP contribution in [0.15, 0.2) is 0 Å². The molecule has 0 aromatic carbocycles. The van der Waals surface area contributed by atoms with Gasteiger partial charge in [0.05, 0.1) is 0 Å². The fourth-order valence-corrected chi connectivity index (χ4v) is 2.11. The zero-order chi connectivity index (χ0) is 13.7. The smallest absolute Gasteiger partial charge is 0.319 e. The van der Waals surface area contributed by atoms with Crippen molar-refractivity contribution in [2.75, 3.05) is 53.9 Å². The van der Waals surface area contributed by atoms with Gasteiger partial charge in [-0.1, -0.05) is 6.92 Å². The number of amides is 3. The maximum atomic E-state index is 12.1. The van der Waals surface area contributed by atoms with E-state index in [-0.39, 0.29) is 17.9 Å². The molecule has 1 saturated heterocycles. The van der Waals surface area contributed by atoms with E-state index in [1.165, 1.54) is 0 Å². The van der Waals surface area contributed by atoms with Gasteiger partial charge in [0.15, 0.2) is 0 Å². The highest BCUT2D eigenvalue weighted by Gasteiger charge is 2.26. The Hall–Kier alpha value is -1.30. The lowest BCUT2D eigenvalue weighted by Gasteiger charge is -2.37. The lowest BCUT2D eigenvalue weighted by atomic mass is 10.1. The van der Waals surface area contributed by atoms with Crippen molar-refractivity contribution >= 4 is 11.9 Å². The van der Waals surface area contributed by atoms with Crippen LogP contribution in [-0.4, -0.2) is 80.5 Å². The lowest BCUT2D eigenvalue weighted by molar-refractivity contribution is -0.136. The topological polar surface area (TPSA) is 55.9 Å². The van der Waals surface area contributed by atoms with Crippen LogP contribution in [-0.2, 0) is 4.79 Å². The maximum absolute atomic E-state index is 12.1. The van der Waals surface area contributed by atoms with Crippen LogP contribution in [0.1, 0.15) is 6.92 Å². The number of nitrogens with one attached hydrogen (secondary N) is 1. The number of piperazine rings is 1. The molecular formula is C12H24N4O2. The molecule has 0 aromatic rings. The van der Waals surface area contributed by atoms with Crippen molar-refractivity contribution in [1.82, 2.24) is 20.0 Å². The first kappa shape index (κ1) is 14.8. The fourth-order valence-electron chi connectivity index (χ4n) is 2.11. The van der Waals surface area contributed by atoms with Gasteiger partial charge in [-0.15, -0.1) is 0 Å². The molecule has 1 rings (SSSR count). The Labute approximate surface area is 109 Å². The Morgan fingerprint density at radius 3 is 2.11 bits per heavy atom. The standard InChI is InChI=1S/C12H24N4O2/c1-10(9-13-2)11(17)15-5-7-16(8-6-15)12(18)14(3)4/h10,13H,5-9H2,1-4H3. The summed E-state index contributed by atoms with van der Waals surface area (Å²) in [6.45, 7) is 5.12. The summed E-state index contributed by atoms with van der Waals surface area (Å²) in [7, 11) is 5.33. The first-order chi connectivity index (χ1) is 8.47. The first-order valence-electron chi connectivity index (χ1n) is 6.37. The zero-order valence-corrected chi connectivity index (χ0v) is 11.8. The molecule has 6 nitrogen and oxygen atoms in total. The molecule has 1 aliphatic rings. The molecule has 3 amide bonds. The number of carbonyl (C=O) groups is 2. The summed E-state index contributed by atoms with van der Waals surface area (Å²) in [6.07, 6.45) is 0. The minimum atomic E-state index is -0.00824. The third kappa shape index (κ3) is 3.60. The van der Waals surface area contributed by atoms with Gasteiger partial charge >= 0.3 is 6.03 Å². The summed E-state index contributed by atoms with van der Waals surface area (Å²) >= 11 is 0. The number of carbonyl (C=O) groups excluding carboxylic acids is 2. The molecule has 18 heavy (non-hydrogen) atoms. The van der Waals surface area contributed by atoms with E-state index < -0.39 is 0 Å². The van der Waals surface area contributed by atoms with E-state index >= 15 is 0 Å². The summed E-state index contributed by atoms with van der Waals surface area (Å²) in [4.78, 5) is 29.0. The van der Waals surface area contributed by atoms with Crippen LogP contribution in [0.2, 0.25) is 0 Å². The van der Waals surface area contributed by atoms with Crippen molar-refractivity contribution in [2.24, 2.45) is 5.92 Å².